The average Bonchev–Trinajstić information content (AvgIpc) is 2.04. The van der Waals surface area contributed by atoms with Gasteiger partial charge < -0.3 is 10.1 Å². The Labute approximate surface area is 93.3 Å². The molecular formula is C7H10NNaO3. The summed E-state index contributed by atoms with van der Waals surface area (Å²) in [6.45, 7) is 0.845. The smallest absolute Gasteiger partial charge is 0.661 e. The van der Waals surface area contributed by atoms with E-state index in [1.807, 2.05) is 0 Å². The van der Waals surface area contributed by atoms with E-state index in [1.54, 1.807) is 0 Å². The zero-order chi connectivity index (χ0) is 8.27. The summed E-state index contributed by atoms with van der Waals surface area (Å²) in [5, 5.41) is 3.96. The van der Waals surface area contributed by atoms with Crippen molar-refractivity contribution in [1.29, 1.82) is 0 Å². The van der Waals surface area contributed by atoms with Crippen LogP contribution in [0.3, 0.4) is 0 Å². The van der Waals surface area contributed by atoms with Gasteiger partial charge in [0.05, 0.1) is 13.0 Å². The monoisotopic (exact) mass is 179 g/mol. The Kier molecular flexibility index (Phi) is 5.74. The summed E-state index contributed by atoms with van der Waals surface area (Å²) < 4.78 is 4.44. The maximum absolute atomic E-state index is 11.0. The van der Waals surface area contributed by atoms with Gasteiger partial charge >= 0.3 is 35.5 Å². The summed E-state index contributed by atoms with van der Waals surface area (Å²) in [4.78, 5) is 21.9. The molecule has 0 amide bonds. The minimum absolute atomic E-state index is 0. The molecule has 1 fully saturated rings. The van der Waals surface area contributed by atoms with Crippen LogP contribution in [0.2, 0.25) is 0 Å². The summed E-state index contributed by atoms with van der Waals surface area (Å²) in [6, 6.07) is 0. The fraction of sp³-hybridized carbons (Fsp3) is 0.714. The number of nitrogens with zero attached hydrogens (tertiary/aromatic N) is 1. The molecule has 0 aromatic carbocycles. The predicted molar refractivity (Wildman–Crippen MR) is 38.2 cm³/mol. The molecule has 0 aromatic heterocycles. The van der Waals surface area contributed by atoms with Gasteiger partial charge in [-0.05, 0) is 6.42 Å². The van der Waals surface area contributed by atoms with E-state index in [0.29, 0.717) is 19.5 Å². The first-order valence-electron chi connectivity index (χ1n) is 3.49. The van der Waals surface area contributed by atoms with Crippen molar-refractivity contribution in [2.75, 3.05) is 20.2 Å². The molecule has 0 radical (unpaired) electrons. The molecule has 0 saturated carbocycles. The number of rotatable bonds is 1. The Hall–Kier alpha value is 0.1000. The number of Topliss-reactive ketones (excluding diaryl/α,β-unsaturated/α-hetero) is 1. The minimum atomic E-state index is -0.631. The third-order valence-corrected chi connectivity index (χ3v) is 1.70. The standard InChI is InChI=1S/C7H10NO3.Na/c1-11-7(10)5-4-8-3-2-6(5)9;/h5H,2-4H2,1H3;/q-1;+1. The molecule has 5 heteroatoms. The molecule has 0 bridgehead atoms. The molecule has 1 unspecified atom stereocenters. The molecule has 1 aliphatic rings. The van der Waals surface area contributed by atoms with E-state index >= 15 is 0 Å². The first kappa shape index (κ1) is 12.1. The summed E-state index contributed by atoms with van der Waals surface area (Å²) in [6.07, 6.45) is 0.375. The van der Waals surface area contributed by atoms with Gasteiger partial charge in [0.15, 0.2) is 0 Å². The normalized spacial score (nSPS) is 22.8. The third kappa shape index (κ3) is 2.86. The number of carbonyl (C=O) groups is 2. The SMILES string of the molecule is COC(=O)C1C[N-]CCC1=O.[Na+]. The van der Waals surface area contributed by atoms with Crippen LogP contribution in [0.1, 0.15) is 6.42 Å². The van der Waals surface area contributed by atoms with Gasteiger partial charge in [0.25, 0.3) is 0 Å². The van der Waals surface area contributed by atoms with E-state index in [-0.39, 0.29) is 35.3 Å². The number of hydrogen-bond acceptors (Lipinski definition) is 3. The number of hydrogen-bond donors (Lipinski definition) is 0. The van der Waals surface area contributed by atoms with Crippen LogP contribution in [0.15, 0.2) is 0 Å². The maximum Gasteiger partial charge on any atom is 1.00 e. The van der Waals surface area contributed by atoms with Crippen LogP contribution < -0.4 is 29.6 Å². The molecule has 1 heterocycles. The molecule has 1 atom stereocenters. The molecule has 62 valence electrons. The van der Waals surface area contributed by atoms with Crippen molar-refractivity contribution in [2.24, 2.45) is 5.92 Å². The van der Waals surface area contributed by atoms with Crippen LogP contribution in [0, 0.1) is 5.92 Å². The first-order valence-corrected chi connectivity index (χ1v) is 3.49. The summed E-state index contributed by atoms with van der Waals surface area (Å²) in [5.74, 6) is -1.14. The number of ether oxygens (including phenoxy) is 1. The van der Waals surface area contributed by atoms with Crippen molar-refractivity contribution < 1.29 is 43.9 Å². The van der Waals surface area contributed by atoms with E-state index in [2.05, 4.69) is 10.1 Å². The van der Waals surface area contributed by atoms with E-state index < -0.39 is 11.9 Å². The Morgan fingerprint density at radius 3 is 2.83 bits per heavy atom. The molecule has 12 heavy (non-hydrogen) atoms. The van der Waals surface area contributed by atoms with Gasteiger partial charge in [-0.15, -0.1) is 13.1 Å². The first-order chi connectivity index (χ1) is 5.25. The molecule has 1 rings (SSSR count). The van der Waals surface area contributed by atoms with Crippen LogP contribution in [0.5, 0.6) is 0 Å². The quantitative estimate of drug-likeness (QED) is 0.247. The van der Waals surface area contributed by atoms with Gasteiger partial charge in [0.1, 0.15) is 5.78 Å². The van der Waals surface area contributed by atoms with Crippen LogP contribution in [-0.2, 0) is 14.3 Å². The van der Waals surface area contributed by atoms with Crippen molar-refractivity contribution >= 4 is 11.8 Å². The molecule has 0 aliphatic carbocycles. The van der Waals surface area contributed by atoms with Gasteiger partial charge in [0, 0.05) is 0 Å². The second-order valence-corrected chi connectivity index (χ2v) is 2.42. The number of carbonyl (C=O) groups excluding carboxylic acids is 2. The fourth-order valence-corrected chi connectivity index (χ4v) is 1.03. The molecule has 0 aromatic rings. The van der Waals surface area contributed by atoms with Crippen molar-refractivity contribution in [3.8, 4) is 0 Å². The second-order valence-electron chi connectivity index (χ2n) is 2.42. The summed E-state index contributed by atoms with van der Waals surface area (Å²) >= 11 is 0. The molecule has 0 spiro atoms. The molecular weight excluding hydrogens is 169 g/mol. The Morgan fingerprint density at radius 1 is 1.67 bits per heavy atom. The van der Waals surface area contributed by atoms with Crippen molar-refractivity contribution in [2.45, 2.75) is 6.42 Å². The van der Waals surface area contributed by atoms with E-state index in [9.17, 15) is 9.59 Å². The Morgan fingerprint density at radius 2 is 2.33 bits per heavy atom. The zero-order valence-corrected chi connectivity index (χ0v) is 9.37. The molecule has 1 saturated heterocycles. The topological polar surface area (TPSA) is 57.5 Å². The van der Waals surface area contributed by atoms with Crippen LogP contribution >= 0.6 is 0 Å². The van der Waals surface area contributed by atoms with Gasteiger partial charge in [-0.1, -0.05) is 0 Å². The number of piperidine rings is 1. The second kappa shape index (κ2) is 5.70. The maximum atomic E-state index is 11.0. The Bertz CT molecular complexity index is 175. The van der Waals surface area contributed by atoms with Gasteiger partial charge in [-0.2, -0.15) is 0 Å². The zero-order valence-electron chi connectivity index (χ0n) is 7.37. The van der Waals surface area contributed by atoms with Crippen molar-refractivity contribution in [3.05, 3.63) is 5.32 Å². The predicted octanol–water partition coefficient (Wildman–Crippen LogP) is -2.87. The van der Waals surface area contributed by atoms with E-state index in [0.717, 1.165) is 0 Å². The van der Waals surface area contributed by atoms with Gasteiger partial charge in [0.2, 0.25) is 0 Å². The summed E-state index contributed by atoms with van der Waals surface area (Å²) in [7, 11) is 1.28. The van der Waals surface area contributed by atoms with Crippen molar-refractivity contribution in [3.63, 3.8) is 0 Å². The van der Waals surface area contributed by atoms with Gasteiger partial charge in [-0.3, -0.25) is 9.59 Å². The molecule has 4 nitrogen and oxygen atoms in total. The van der Waals surface area contributed by atoms with E-state index in [1.165, 1.54) is 7.11 Å². The number of methoxy groups -OCH3 is 1. The average molecular weight is 179 g/mol. The van der Waals surface area contributed by atoms with Crippen LogP contribution in [-0.4, -0.2) is 32.0 Å². The van der Waals surface area contributed by atoms with Gasteiger partial charge in [-0.25, -0.2) is 0 Å². The number of esters is 1. The fourth-order valence-electron chi connectivity index (χ4n) is 1.03. The minimum Gasteiger partial charge on any atom is -0.661 e. The molecule has 1 aliphatic heterocycles. The largest absolute Gasteiger partial charge is 1.00 e. The third-order valence-electron chi connectivity index (χ3n) is 1.70. The summed E-state index contributed by atoms with van der Waals surface area (Å²) in [5.41, 5.74) is 0. The molecule has 0 N–H and O–H groups in total. The van der Waals surface area contributed by atoms with Crippen LogP contribution in [0.25, 0.3) is 5.32 Å². The Balaban J connectivity index is 0.00000121. The van der Waals surface area contributed by atoms with E-state index in [4.69, 9.17) is 0 Å². The number of ketones is 1. The van der Waals surface area contributed by atoms with Crippen LogP contribution in [0.4, 0.5) is 0 Å². The van der Waals surface area contributed by atoms with Crippen molar-refractivity contribution in [1.82, 2.24) is 0 Å².